The number of benzene rings is 2. The van der Waals surface area contributed by atoms with Crippen molar-refractivity contribution in [3.63, 3.8) is 0 Å². The zero-order valence-corrected chi connectivity index (χ0v) is 14.4. The Morgan fingerprint density at radius 3 is 2.69 bits per heavy atom. The van der Waals surface area contributed by atoms with Crippen LogP contribution in [0.3, 0.4) is 0 Å². The molecule has 2 aromatic carbocycles. The molecule has 0 bridgehead atoms. The number of rotatable bonds is 3. The first kappa shape index (κ1) is 16.3. The molecule has 0 atom stereocenters. The maximum absolute atomic E-state index is 14.2. The summed E-state index contributed by atoms with van der Waals surface area (Å²) < 4.78 is 16.4. The van der Waals surface area contributed by atoms with E-state index in [2.05, 4.69) is 31.9 Å². The standard InChI is InChI=1S/C20H19FN4O/c1-14(26)23-18-8-7-16(11-17(18)21)24-9-10-25-19(12-22-20(25)13-24)15-5-3-2-4-6-15/h2-8,11-12H,9-10,13H2,1H3,(H,23,26). The van der Waals surface area contributed by atoms with Crippen molar-refractivity contribution in [1.29, 1.82) is 0 Å². The fourth-order valence-corrected chi connectivity index (χ4v) is 3.31. The van der Waals surface area contributed by atoms with Gasteiger partial charge in [0.05, 0.1) is 24.1 Å². The lowest BCUT2D eigenvalue weighted by atomic mass is 10.1. The Kier molecular flexibility index (Phi) is 4.16. The van der Waals surface area contributed by atoms with E-state index in [9.17, 15) is 9.18 Å². The summed E-state index contributed by atoms with van der Waals surface area (Å²) in [4.78, 5) is 17.8. The third-order valence-corrected chi connectivity index (χ3v) is 4.56. The largest absolute Gasteiger partial charge is 0.362 e. The molecule has 1 aromatic heterocycles. The highest BCUT2D eigenvalue weighted by Gasteiger charge is 2.21. The molecule has 1 aliphatic heterocycles. The van der Waals surface area contributed by atoms with E-state index in [1.165, 1.54) is 13.0 Å². The summed E-state index contributed by atoms with van der Waals surface area (Å²) in [7, 11) is 0. The van der Waals surface area contributed by atoms with E-state index in [0.717, 1.165) is 35.9 Å². The molecule has 0 aliphatic carbocycles. The molecule has 1 aliphatic rings. The Balaban J connectivity index is 1.57. The first-order valence-corrected chi connectivity index (χ1v) is 8.54. The van der Waals surface area contributed by atoms with Crippen molar-refractivity contribution in [2.45, 2.75) is 20.0 Å². The molecular weight excluding hydrogens is 331 g/mol. The van der Waals surface area contributed by atoms with Gasteiger partial charge in [-0.05, 0) is 23.8 Å². The third-order valence-electron chi connectivity index (χ3n) is 4.56. The maximum Gasteiger partial charge on any atom is 0.221 e. The zero-order valence-electron chi connectivity index (χ0n) is 14.4. The fourth-order valence-electron chi connectivity index (χ4n) is 3.31. The first-order valence-electron chi connectivity index (χ1n) is 8.54. The van der Waals surface area contributed by atoms with Gasteiger partial charge in [-0.15, -0.1) is 0 Å². The topological polar surface area (TPSA) is 50.2 Å². The van der Waals surface area contributed by atoms with Gasteiger partial charge in [-0.3, -0.25) is 4.79 Å². The molecule has 2 heterocycles. The monoisotopic (exact) mass is 350 g/mol. The van der Waals surface area contributed by atoms with Gasteiger partial charge >= 0.3 is 0 Å². The fraction of sp³-hybridized carbons (Fsp3) is 0.200. The highest BCUT2D eigenvalue weighted by molar-refractivity contribution is 5.89. The summed E-state index contributed by atoms with van der Waals surface area (Å²) in [6.07, 6.45) is 1.90. The van der Waals surface area contributed by atoms with E-state index in [0.29, 0.717) is 6.54 Å². The van der Waals surface area contributed by atoms with E-state index >= 15 is 0 Å². The smallest absolute Gasteiger partial charge is 0.221 e. The van der Waals surface area contributed by atoms with E-state index in [-0.39, 0.29) is 11.6 Å². The van der Waals surface area contributed by atoms with Gasteiger partial charge in [-0.2, -0.15) is 0 Å². The molecule has 4 rings (SSSR count). The molecule has 0 radical (unpaired) electrons. The number of carbonyl (C=O) groups excluding carboxylic acids is 1. The van der Waals surface area contributed by atoms with Crippen molar-refractivity contribution in [1.82, 2.24) is 9.55 Å². The van der Waals surface area contributed by atoms with Gasteiger partial charge in [-0.1, -0.05) is 30.3 Å². The van der Waals surface area contributed by atoms with Gasteiger partial charge in [0.1, 0.15) is 11.6 Å². The molecule has 0 fully saturated rings. The van der Waals surface area contributed by atoms with E-state index in [4.69, 9.17) is 0 Å². The predicted molar refractivity (Wildman–Crippen MR) is 99.4 cm³/mol. The van der Waals surface area contributed by atoms with Crippen LogP contribution in [0.15, 0.2) is 54.7 Å². The molecule has 1 amide bonds. The predicted octanol–water partition coefficient (Wildman–Crippen LogP) is 3.67. The Labute approximate surface area is 151 Å². The van der Waals surface area contributed by atoms with Crippen LogP contribution in [0.1, 0.15) is 12.7 Å². The average molecular weight is 350 g/mol. The average Bonchev–Trinajstić information content (AvgIpc) is 3.07. The van der Waals surface area contributed by atoms with Crippen LogP contribution in [0.2, 0.25) is 0 Å². The Hall–Kier alpha value is -3.15. The maximum atomic E-state index is 14.2. The number of imidazole rings is 1. The Morgan fingerprint density at radius 2 is 1.96 bits per heavy atom. The number of anilines is 2. The number of amides is 1. The van der Waals surface area contributed by atoms with Crippen molar-refractivity contribution in [2.24, 2.45) is 0 Å². The number of hydrogen-bond acceptors (Lipinski definition) is 3. The van der Waals surface area contributed by atoms with Crippen LogP contribution in [0.25, 0.3) is 11.3 Å². The normalized spacial score (nSPS) is 13.4. The zero-order chi connectivity index (χ0) is 18.1. The molecule has 0 saturated heterocycles. The third kappa shape index (κ3) is 3.06. The van der Waals surface area contributed by atoms with E-state index in [1.54, 1.807) is 6.07 Å². The van der Waals surface area contributed by atoms with Crippen LogP contribution in [0, 0.1) is 5.82 Å². The van der Waals surface area contributed by atoms with Crippen LogP contribution in [-0.4, -0.2) is 22.0 Å². The molecule has 0 spiro atoms. The van der Waals surface area contributed by atoms with E-state index < -0.39 is 5.82 Å². The minimum absolute atomic E-state index is 0.200. The lowest BCUT2D eigenvalue weighted by Gasteiger charge is -2.30. The van der Waals surface area contributed by atoms with Crippen LogP contribution < -0.4 is 10.2 Å². The Morgan fingerprint density at radius 1 is 1.15 bits per heavy atom. The molecule has 132 valence electrons. The molecule has 0 unspecified atom stereocenters. The Bertz CT molecular complexity index is 952. The second-order valence-corrected chi connectivity index (χ2v) is 6.34. The number of nitrogens with one attached hydrogen (secondary N) is 1. The van der Waals surface area contributed by atoms with Gasteiger partial charge in [0.2, 0.25) is 5.91 Å². The van der Waals surface area contributed by atoms with Crippen molar-refractivity contribution < 1.29 is 9.18 Å². The highest BCUT2D eigenvalue weighted by Crippen LogP contribution is 2.28. The number of hydrogen-bond donors (Lipinski definition) is 1. The van der Waals surface area contributed by atoms with Crippen molar-refractivity contribution in [2.75, 3.05) is 16.8 Å². The highest BCUT2D eigenvalue weighted by atomic mass is 19.1. The van der Waals surface area contributed by atoms with Gasteiger partial charge in [0.15, 0.2) is 0 Å². The van der Waals surface area contributed by atoms with Crippen LogP contribution >= 0.6 is 0 Å². The van der Waals surface area contributed by atoms with Gasteiger partial charge in [-0.25, -0.2) is 9.37 Å². The molecule has 3 aromatic rings. The summed E-state index contributed by atoms with van der Waals surface area (Å²) in [6, 6.07) is 15.1. The summed E-state index contributed by atoms with van der Waals surface area (Å²) in [5, 5.41) is 2.49. The minimum Gasteiger partial charge on any atom is -0.362 e. The molecule has 6 heteroatoms. The SMILES string of the molecule is CC(=O)Nc1ccc(N2CCn3c(-c4ccccc4)cnc3C2)cc1F. The van der Waals surface area contributed by atoms with Crippen LogP contribution in [-0.2, 0) is 17.9 Å². The van der Waals surface area contributed by atoms with Crippen LogP contribution in [0.4, 0.5) is 15.8 Å². The number of halogens is 1. The number of aromatic nitrogens is 2. The summed E-state index contributed by atoms with van der Waals surface area (Å²) in [6.45, 7) is 3.53. The molecule has 1 N–H and O–H groups in total. The summed E-state index contributed by atoms with van der Waals surface area (Å²) in [5.74, 6) is 0.239. The molecule has 0 saturated carbocycles. The number of carbonyl (C=O) groups is 1. The summed E-state index contributed by atoms with van der Waals surface area (Å²) in [5.41, 5.74) is 3.23. The van der Waals surface area contributed by atoms with Gasteiger partial charge < -0.3 is 14.8 Å². The molecular formula is C20H19FN4O. The second-order valence-electron chi connectivity index (χ2n) is 6.34. The lowest BCUT2D eigenvalue weighted by molar-refractivity contribution is -0.114. The molecule has 26 heavy (non-hydrogen) atoms. The lowest BCUT2D eigenvalue weighted by Crippen LogP contribution is -2.34. The van der Waals surface area contributed by atoms with Crippen LogP contribution in [0.5, 0.6) is 0 Å². The van der Waals surface area contributed by atoms with Gasteiger partial charge in [0, 0.05) is 25.7 Å². The molecule has 5 nitrogen and oxygen atoms in total. The van der Waals surface area contributed by atoms with Crippen molar-refractivity contribution >= 4 is 17.3 Å². The minimum atomic E-state index is -0.434. The first-order chi connectivity index (χ1) is 12.6. The number of fused-ring (bicyclic) bond motifs is 1. The van der Waals surface area contributed by atoms with Crippen molar-refractivity contribution in [3.8, 4) is 11.3 Å². The second kappa shape index (κ2) is 6.63. The van der Waals surface area contributed by atoms with E-state index in [1.807, 2.05) is 30.5 Å². The number of nitrogens with zero attached hydrogens (tertiary/aromatic N) is 3. The van der Waals surface area contributed by atoms with Gasteiger partial charge in [0.25, 0.3) is 0 Å². The quantitative estimate of drug-likeness (QED) is 0.784. The summed E-state index contributed by atoms with van der Waals surface area (Å²) >= 11 is 0. The van der Waals surface area contributed by atoms with Crippen molar-refractivity contribution in [3.05, 3.63) is 66.4 Å².